The van der Waals surface area contributed by atoms with E-state index >= 15 is 0 Å². The minimum Gasteiger partial charge on any atom is -0.505 e. The molecule has 2 saturated carbocycles. The SMILES string of the molecule is CC(C)(O)CCC(=O)[C@](C)(O)[C@H]1[C@H](O)C[C@@]2(C)[C@@H]3CC=C4[C@@H](C=C(O)C(=O)C4(C)C)[C@]3(C)C(=O)C[C@]12C. The van der Waals surface area contributed by atoms with E-state index in [-0.39, 0.29) is 42.5 Å². The summed E-state index contributed by atoms with van der Waals surface area (Å²) in [5, 5.41) is 43.7. The van der Waals surface area contributed by atoms with Crippen molar-refractivity contribution >= 4 is 17.3 Å². The van der Waals surface area contributed by atoms with Crippen molar-refractivity contribution < 1.29 is 34.8 Å². The van der Waals surface area contributed by atoms with E-state index in [1.165, 1.54) is 13.0 Å². The van der Waals surface area contributed by atoms with Gasteiger partial charge in [0.25, 0.3) is 0 Å². The van der Waals surface area contributed by atoms with Gasteiger partial charge >= 0.3 is 0 Å². The fourth-order valence-corrected chi connectivity index (χ4v) is 8.82. The quantitative estimate of drug-likeness (QED) is 0.408. The molecule has 0 unspecified atom stereocenters. The number of Topliss-reactive ketones (excluding diaryl/α,β-unsaturated/α-hetero) is 3. The van der Waals surface area contributed by atoms with Gasteiger partial charge in [-0.3, -0.25) is 14.4 Å². The van der Waals surface area contributed by atoms with E-state index < -0.39 is 56.6 Å². The lowest BCUT2D eigenvalue weighted by Crippen LogP contribution is -2.64. The van der Waals surface area contributed by atoms with Crippen molar-refractivity contribution in [3.8, 4) is 0 Å². The molecular weight excluding hydrogens is 472 g/mol. The summed E-state index contributed by atoms with van der Waals surface area (Å²) in [4.78, 5) is 40.2. The predicted octanol–water partition coefficient (Wildman–Crippen LogP) is 3.84. The van der Waals surface area contributed by atoms with E-state index in [4.69, 9.17) is 0 Å². The number of carbonyl (C=O) groups is 3. The second-order valence-corrected chi connectivity index (χ2v) is 14.3. The highest BCUT2D eigenvalue weighted by Gasteiger charge is 2.74. The molecule has 4 N–H and O–H groups in total. The van der Waals surface area contributed by atoms with Crippen molar-refractivity contribution in [2.24, 2.45) is 39.4 Å². The molecule has 0 bridgehead atoms. The van der Waals surface area contributed by atoms with Gasteiger partial charge in [0.1, 0.15) is 11.4 Å². The Morgan fingerprint density at radius 3 is 2.22 bits per heavy atom. The van der Waals surface area contributed by atoms with Crippen molar-refractivity contribution in [3.63, 3.8) is 0 Å². The van der Waals surface area contributed by atoms with Gasteiger partial charge in [0.2, 0.25) is 5.78 Å². The summed E-state index contributed by atoms with van der Waals surface area (Å²) in [5.41, 5.74) is -5.39. The topological polar surface area (TPSA) is 132 Å². The Morgan fingerprint density at radius 1 is 1.05 bits per heavy atom. The largest absolute Gasteiger partial charge is 0.505 e. The molecule has 0 spiro atoms. The summed E-state index contributed by atoms with van der Waals surface area (Å²) in [5.74, 6) is -2.69. The zero-order chi connectivity index (χ0) is 28.1. The maximum absolute atomic E-state index is 14.2. The Labute approximate surface area is 220 Å². The first-order valence-electron chi connectivity index (χ1n) is 13.5. The first-order valence-corrected chi connectivity index (χ1v) is 13.5. The minimum absolute atomic E-state index is 0.0387. The van der Waals surface area contributed by atoms with Crippen molar-refractivity contribution in [3.05, 3.63) is 23.5 Å². The zero-order valence-corrected chi connectivity index (χ0v) is 23.5. The fraction of sp³-hybridized carbons (Fsp3) is 0.767. The third-order valence-corrected chi connectivity index (χ3v) is 11.2. The van der Waals surface area contributed by atoms with E-state index in [2.05, 4.69) is 6.92 Å². The lowest BCUT2D eigenvalue weighted by atomic mass is 9.39. The van der Waals surface area contributed by atoms with Crippen LogP contribution < -0.4 is 0 Å². The molecule has 0 aromatic rings. The summed E-state index contributed by atoms with van der Waals surface area (Å²) in [6.45, 7) is 14.1. The summed E-state index contributed by atoms with van der Waals surface area (Å²) in [7, 11) is 0. The molecule has 4 rings (SSSR count). The molecule has 2 fully saturated rings. The lowest BCUT2D eigenvalue weighted by Gasteiger charge is -2.63. The number of hydrogen-bond donors (Lipinski definition) is 4. The highest BCUT2D eigenvalue weighted by molar-refractivity contribution is 6.02. The molecule has 206 valence electrons. The third-order valence-electron chi connectivity index (χ3n) is 11.2. The first-order chi connectivity index (χ1) is 16.7. The second kappa shape index (κ2) is 8.09. The second-order valence-electron chi connectivity index (χ2n) is 14.3. The van der Waals surface area contributed by atoms with E-state index in [1.807, 2.05) is 19.9 Å². The first kappa shape index (κ1) is 28.2. The van der Waals surface area contributed by atoms with Gasteiger partial charge in [0.05, 0.1) is 17.1 Å². The smallest absolute Gasteiger partial charge is 0.206 e. The predicted molar refractivity (Wildman–Crippen MR) is 138 cm³/mol. The zero-order valence-electron chi connectivity index (χ0n) is 23.5. The van der Waals surface area contributed by atoms with Gasteiger partial charge in [0, 0.05) is 30.1 Å². The molecule has 4 aliphatic carbocycles. The molecular formula is C30H44O7. The van der Waals surface area contributed by atoms with Crippen LogP contribution in [0, 0.1) is 39.4 Å². The molecule has 7 heteroatoms. The molecule has 4 aliphatic rings. The Bertz CT molecular complexity index is 1110. The van der Waals surface area contributed by atoms with Crippen LogP contribution >= 0.6 is 0 Å². The van der Waals surface area contributed by atoms with E-state index in [0.29, 0.717) is 12.8 Å². The summed E-state index contributed by atoms with van der Waals surface area (Å²) in [6, 6.07) is 0. The standard InChI is InChI=1S/C30H44O7/c1-25(2,36)12-11-21(33)30(8,37)23-19(32)14-27(5)20-10-9-16-17(13-18(31)24(35)26(16,3)4)29(20,7)22(34)15-28(23,27)6/h9,13,17,19-20,23,31-32,36-37H,10-12,14-15H2,1-8H3/t17-,19-,20+,23+,27+,28-,29+,30+/m1/s1. The summed E-state index contributed by atoms with van der Waals surface area (Å²) in [6.07, 6.45) is 3.64. The average Bonchev–Trinajstić information content (AvgIpc) is 2.96. The van der Waals surface area contributed by atoms with Crippen LogP contribution in [0.3, 0.4) is 0 Å². The van der Waals surface area contributed by atoms with Crippen molar-refractivity contribution in [1.82, 2.24) is 0 Å². The lowest BCUT2D eigenvalue weighted by molar-refractivity contribution is -0.181. The van der Waals surface area contributed by atoms with Crippen LogP contribution in [0.15, 0.2) is 23.5 Å². The van der Waals surface area contributed by atoms with Crippen LogP contribution in [0.5, 0.6) is 0 Å². The van der Waals surface area contributed by atoms with Gasteiger partial charge in [-0.05, 0) is 76.7 Å². The van der Waals surface area contributed by atoms with Gasteiger partial charge in [0.15, 0.2) is 11.5 Å². The summed E-state index contributed by atoms with van der Waals surface area (Å²) >= 11 is 0. The molecule has 0 aromatic heterocycles. The third kappa shape index (κ3) is 3.67. The number of allylic oxidation sites excluding steroid dienone is 4. The summed E-state index contributed by atoms with van der Waals surface area (Å²) < 4.78 is 0. The molecule has 8 atom stereocenters. The van der Waals surface area contributed by atoms with Crippen molar-refractivity contribution in [1.29, 1.82) is 0 Å². The monoisotopic (exact) mass is 516 g/mol. The number of aliphatic hydroxyl groups is 4. The highest BCUT2D eigenvalue weighted by atomic mass is 16.3. The maximum Gasteiger partial charge on any atom is 0.206 e. The van der Waals surface area contributed by atoms with Crippen LogP contribution in [0.1, 0.15) is 87.5 Å². The molecule has 37 heavy (non-hydrogen) atoms. The molecule has 0 aliphatic heterocycles. The normalized spacial score (nSPS) is 42.7. The number of fused-ring (bicyclic) bond motifs is 5. The molecule has 0 radical (unpaired) electrons. The Hall–Kier alpha value is -1.83. The Morgan fingerprint density at radius 2 is 1.65 bits per heavy atom. The average molecular weight is 517 g/mol. The van der Waals surface area contributed by atoms with Gasteiger partial charge in [-0.15, -0.1) is 0 Å². The minimum atomic E-state index is -1.88. The van der Waals surface area contributed by atoms with E-state index in [0.717, 1.165) is 5.57 Å². The van der Waals surface area contributed by atoms with E-state index in [9.17, 15) is 34.8 Å². The van der Waals surface area contributed by atoms with Crippen LogP contribution in [-0.2, 0) is 14.4 Å². The number of carbonyl (C=O) groups excluding carboxylic acids is 3. The molecule has 0 aromatic carbocycles. The van der Waals surface area contributed by atoms with Crippen molar-refractivity contribution in [2.75, 3.05) is 0 Å². The van der Waals surface area contributed by atoms with Gasteiger partial charge in [-0.1, -0.05) is 32.4 Å². The number of aliphatic hydroxyl groups excluding tert-OH is 2. The number of ketones is 3. The Kier molecular flexibility index (Phi) is 6.16. The van der Waals surface area contributed by atoms with Gasteiger partial charge in [-0.25, -0.2) is 0 Å². The number of hydrogen-bond acceptors (Lipinski definition) is 7. The van der Waals surface area contributed by atoms with Crippen molar-refractivity contribution in [2.45, 2.75) is 105 Å². The van der Waals surface area contributed by atoms with Crippen LogP contribution in [0.25, 0.3) is 0 Å². The van der Waals surface area contributed by atoms with Gasteiger partial charge in [-0.2, -0.15) is 0 Å². The molecule has 0 saturated heterocycles. The van der Waals surface area contributed by atoms with Gasteiger partial charge < -0.3 is 20.4 Å². The highest BCUT2D eigenvalue weighted by Crippen LogP contribution is 2.73. The molecule has 7 nitrogen and oxygen atoms in total. The molecule has 0 heterocycles. The van der Waals surface area contributed by atoms with E-state index in [1.54, 1.807) is 27.7 Å². The molecule has 0 amide bonds. The van der Waals surface area contributed by atoms with Crippen LogP contribution in [-0.4, -0.2) is 55.1 Å². The van der Waals surface area contributed by atoms with Crippen LogP contribution in [0.4, 0.5) is 0 Å². The number of rotatable bonds is 5. The fourth-order valence-electron chi connectivity index (χ4n) is 8.82. The van der Waals surface area contributed by atoms with Crippen LogP contribution in [0.2, 0.25) is 0 Å². The Balaban J connectivity index is 1.79. The maximum atomic E-state index is 14.2.